The number of halogens is 3. The molecule has 0 heterocycles. The first-order valence-corrected chi connectivity index (χ1v) is 5.73. The van der Waals surface area contributed by atoms with Crippen molar-refractivity contribution in [1.82, 2.24) is 10.2 Å². The Morgan fingerprint density at radius 3 is 2.37 bits per heavy atom. The third kappa shape index (κ3) is 5.77. The lowest BCUT2D eigenvalue weighted by atomic mass is 10.2. The number of aliphatic hydroxyl groups excluding tert-OH is 1. The van der Waals surface area contributed by atoms with Crippen LogP contribution in [0.5, 0.6) is 0 Å². The van der Waals surface area contributed by atoms with Gasteiger partial charge in [-0.1, -0.05) is 0 Å². The maximum absolute atomic E-state index is 12.3. The number of carboxylic acids is 1. The number of hydrogen-bond acceptors (Lipinski definition) is 3. The summed E-state index contributed by atoms with van der Waals surface area (Å²) >= 11 is 0. The van der Waals surface area contributed by atoms with E-state index in [1.807, 2.05) is 0 Å². The lowest BCUT2D eigenvalue weighted by molar-refractivity contribution is -0.146. The van der Waals surface area contributed by atoms with Gasteiger partial charge in [-0.3, -0.25) is 0 Å². The molecule has 0 spiro atoms. The molecule has 1 aliphatic rings. The first-order chi connectivity index (χ1) is 8.70. The number of alkyl halides is 3. The lowest BCUT2D eigenvalue weighted by Crippen LogP contribution is -2.46. The van der Waals surface area contributed by atoms with Crippen LogP contribution < -0.4 is 5.32 Å². The predicted octanol–water partition coefficient (Wildman–Crippen LogP) is 0.558. The minimum Gasteiger partial charge on any atom is -0.479 e. The van der Waals surface area contributed by atoms with Crippen LogP contribution in [0.3, 0.4) is 0 Å². The zero-order valence-corrected chi connectivity index (χ0v) is 9.98. The summed E-state index contributed by atoms with van der Waals surface area (Å²) in [7, 11) is 0. The van der Waals surface area contributed by atoms with Crippen molar-refractivity contribution in [3.05, 3.63) is 0 Å². The Hall–Kier alpha value is -1.51. The molecule has 6 nitrogen and oxygen atoms in total. The second-order valence-corrected chi connectivity index (χ2v) is 4.35. The summed E-state index contributed by atoms with van der Waals surface area (Å²) in [5.41, 5.74) is 0. The van der Waals surface area contributed by atoms with Crippen LogP contribution in [-0.2, 0) is 4.79 Å². The van der Waals surface area contributed by atoms with Crippen LogP contribution >= 0.6 is 0 Å². The average Bonchev–Trinajstić information content (AvgIpc) is 3.07. The highest BCUT2D eigenvalue weighted by atomic mass is 19.4. The Morgan fingerprint density at radius 1 is 1.37 bits per heavy atom. The van der Waals surface area contributed by atoms with E-state index in [1.165, 1.54) is 0 Å². The van der Waals surface area contributed by atoms with E-state index < -0.39 is 36.9 Å². The number of hydrogen-bond donors (Lipinski definition) is 3. The van der Waals surface area contributed by atoms with Gasteiger partial charge < -0.3 is 20.4 Å². The summed E-state index contributed by atoms with van der Waals surface area (Å²) < 4.78 is 36.8. The van der Waals surface area contributed by atoms with Gasteiger partial charge in [-0.2, -0.15) is 13.2 Å². The summed E-state index contributed by atoms with van der Waals surface area (Å²) in [6.45, 7) is -1.53. The van der Waals surface area contributed by atoms with Gasteiger partial charge in [0.2, 0.25) is 0 Å². The molecular weight excluding hydrogens is 269 g/mol. The summed E-state index contributed by atoms with van der Waals surface area (Å²) in [6, 6.07) is -1.30. The fourth-order valence-electron chi connectivity index (χ4n) is 1.49. The van der Waals surface area contributed by atoms with E-state index in [0.29, 0.717) is 17.7 Å². The van der Waals surface area contributed by atoms with E-state index >= 15 is 0 Å². The molecule has 1 atom stereocenters. The molecule has 2 amide bonds. The van der Waals surface area contributed by atoms with E-state index in [9.17, 15) is 22.8 Å². The highest BCUT2D eigenvalue weighted by molar-refractivity contribution is 5.75. The fraction of sp³-hybridized carbons (Fsp3) is 0.800. The average molecular weight is 284 g/mol. The van der Waals surface area contributed by atoms with Gasteiger partial charge in [0, 0.05) is 19.0 Å². The molecule has 0 aromatic carbocycles. The molecule has 0 aliphatic heterocycles. The van der Waals surface area contributed by atoms with E-state index in [0.717, 1.165) is 0 Å². The van der Waals surface area contributed by atoms with Crippen LogP contribution in [0.2, 0.25) is 0 Å². The molecule has 0 radical (unpaired) electrons. The first kappa shape index (κ1) is 15.5. The third-order valence-corrected chi connectivity index (χ3v) is 2.58. The van der Waals surface area contributed by atoms with Crippen LogP contribution in [0.25, 0.3) is 0 Å². The Morgan fingerprint density at radius 2 is 1.95 bits per heavy atom. The smallest absolute Gasteiger partial charge is 0.406 e. The number of carbonyl (C=O) groups is 2. The lowest BCUT2D eigenvalue weighted by Gasteiger charge is -2.24. The van der Waals surface area contributed by atoms with Crippen molar-refractivity contribution in [2.24, 2.45) is 0 Å². The standard InChI is InChI=1S/C10H15F3N2O4/c11-10(12,13)5-15(6-1-2-6)9(19)14-4-3-7(16)8(17)18/h6-7,16H,1-5H2,(H,14,19)(H,17,18). The van der Waals surface area contributed by atoms with Gasteiger partial charge in [-0.05, 0) is 12.8 Å². The molecule has 0 bridgehead atoms. The Bertz CT molecular complexity index is 344. The Kier molecular flexibility index (Phi) is 4.98. The minimum atomic E-state index is -4.47. The zero-order chi connectivity index (χ0) is 14.6. The van der Waals surface area contributed by atoms with Gasteiger partial charge in [0.15, 0.2) is 6.10 Å². The van der Waals surface area contributed by atoms with Crippen molar-refractivity contribution in [3.8, 4) is 0 Å². The van der Waals surface area contributed by atoms with Crippen molar-refractivity contribution >= 4 is 12.0 Å². The summed E-state index contributed by atoms with van der Waals surface area (Å²) in [4.78, 5) is 22.5. The van der Waals surface area contributed by atoms with E-state index in [-0.39, 0.29) is 13.0 Å². The van der Waals surface area contributed by atoms with E-state index in [4.69, 9.17) is 10.2 Å². The minimum absolute atomic E-state index is 0.201. The van der Waals surface area contributed by atoms with Crippen molar-refractivity contribution in [2.75, 3.05) is 13.1 Å². The second-order valence-electron chi connectivity index (χ2n) is 4.35. The van der Waals surface area contributed by atoms with Crippen molar-refractivity contribution < 1.29 is 33.0 Å². The molecule has 1 fully saturated rings. The Balaban J connectivity index is 2.38. The number of amides is 2. The zero-order valence-electron chi connectivity index (χ0n) is 9.98. The van der Waals surface area contributed by atoms with Crippen LogP contribution in [0, 0.1) is 0 Å². The van der Waals surface area contributed by atoms with Crippen molar-refractivity contribution in [2.45, 2.75) is 37.6 Å². The summed E-state index contributed by atoms with van der Waals surface area (Å²) in [5, 5.41) is 19.5. The van der Waals surface area contributed by atoms with Gasteiger partial charge in [0.1, 0.15) is 6.54 Å². The van der Waals surface area contributed by atoms with Crippen LogP contribution in [-0.4, -0.2) is 58.5 Å². The molecule has 0 aromatic rings. The SMILES string of the molecule is O=C(O)C(O)CCNC(=O)N(CC(F)(F)F)C1CC1. The monoisotopic (exact) mass is 284 g/mol. The highest BCUT2D eigenvalue weighted by Gasteiger charge is 2.40. The van der Waals surface area contributed by atoms with Gasteiger partial charge in [0.05, 0.1) is 0 Å². The highest BCUT2D eigenvalue weighted by Crippen LogP contribution is 2.30. The molecule has 19 heavy (non-hydrogen) atoms. The molecular formula is C10H15F3N2O4. The summed E-state index contributed by atoms with van der Waals surface area (Å²) in [5.74, 6) is -1.44. The number of carboxylic acid groups (broad SMARTS) is 1. The molecule has 1 rings (SSSR count). The number of nitrogens with zero attached hydrogens (tertiary/aromatic N) is 1. The molecule has 9 heteroatoms. The van der Waals surface area contributed by atoms with E-state index in [2.05, 4.69) is 5.32 Å². The summed E-state index contributed by atoms with van der Waals surface area (Å²) in [6.07, 6.45) is -5.31. The molecule has 3 N–H and O–H groups in total. The normalized spacial score (nSPS) is 16.8. The molecule has 1 aliphatic carbocycles. The van der Waals surface area contributed by atoms with Gasteiger partial charge in [0.25, 0.3) is 0 Å². The maximum atomic E-state index is 12.3. The van der Waals surface area contributed by atoms with Gasteiger partial charge in [-0.25, -0.2) is 9.59 Å². The quantitative estimate of drug-likeness (QED) is 0.664. The maximum Gasteiger partial charge on any atom is 0.406 e. The largest absolute Gasteiger partial charge is 0.479 e. The number of aliphatic carboxylic acids is 1. The van der Waals surface area contributed by atoms with Crippen LogP contribution in [0.15, 0.2) is 0 Å². The first-order valence-electron chi connectivity index (χ1n) is 5.73. The number of rotatable bonds is 6. The molecule has 1 saturated carbocycles. The number of urea groups is 1. The van der Waals surface area contributed by atoms with Gasteiger partial charge >= 0.3 is 18.2 Å². The van der Waals surface area contributed by atoms with Gasteiger partial charge in [-0.15, -0.1) is 0 Å². The number of carbonyl (C=O) groups excluding carboxylic acids is 1. The molecule has 110 valence electrons. The van der Waals surface area contributed by atoms with Crippen LogP contribution in [0.4, 0.5) is 18.0 Å². The predicted molar refractivity (Wildman–Crippen MR) is 57.4 cm³/mol. The fourth-order valence-corrected chi connectivity index (χ4v) is 1.49. The third-order valence-electron chi connectivity index (χ3n) is 2.58. The van der Waals surface area contributed by atoms with E-state index in [1.54, 1.807) is 0 Å². The molecule has 1 unspecified atom stereocenters. The van der Waals surface area contributed by atoms with Crippen molar-refractivity contribution in [3.63, 3.8) is 0 Å². The topological polar surface area (TPSA) is 89.9 Å². The molecule has 0 aromatic heterocycles. The Labute approximate surface area is 107 Å². The second kappa shape index (κ2) is 6.09. The molecule has 0 saturated heterocycles. The van der Waals surface area contributed by atoms with Crippen molar-refractivity contribution in [1.29, 1.82) is 0 Å². The number of aliphatic hydroxyl groups is 1. The number of nitrogens with one attached hydrogen (secondary N) is 1. The van der Waals surface area contributed by atoms with Crippen LogP contribution in [0.1, 0.15) is 19.3 Å².